The van der Waals surface area contributed by atoms with E-state index in [0.717, 1.165) is 13.6 Å². The van der Waals surface area contributed by atoms with Crippen molar-refractivity contribution < 1.29 is 19.1 Å². The van der Waals surface area contributed by atoms with E-state index in [2.05, 4.69) is 21.6 Å². The topological polar surface area (TPSA) is 52.6 Å². The van der Waals surface area contributed by atoms with E-state index in [1.165, 1.54) is 71.6 Å². The first kappa shape index (κ1) is 30.8. The molecule has 0 saturated heterocycles. The van der Waals surface area contributed by atoms with Gasteiger partial charge in [-0.25, -0.2) is 9.59 Å². The minimum absolute atomic E-state index is 0.296. The fourth-order valence-corrected chi connectivity index (χ4v) is 22.4. The Hall–Kier alpha value is 1.76. The van der Waals surface area contributed by atoms with E-state index in [-0.39, 0.29) is 0 Å². The average Bonchev–Trinajstić information content (AvgIpc) is 3.76. The SMILES string of the molecule is COC(=O)C1=C(C(=O)OC)SC(=C2SC3=C(SC(=C4SC=C(SCSC5=CSC(=C6SC=CS6)S5)S4)S3)S2)S1. The van der Waals surface area contributed by atoms with Gasteiger partial charge in [0.05, 0.1) is 56.6 Å². The predicted molar refractivity (Wildman–Crippen MR) is 196 cm³/mol. The standard InChI is InChI=1S/C21H12O4S14/c1-24-12(22)10-11(13(23)25-2)35-18(34-10)19-38-20-21(39-19)37-17(36-20)16-29-6-9(33-16)31-7-30-8-5-28-15(32-8)14-26-3-4-27-14/h3-6H,7H2,1-2H3. The van der Waals surface area contributed by atoms with Crippen molar-refractivity contribution in [2.75, 3.05) is 19.3 Å². The summed E-state index contributed by atoms with van der Waals surface area (Å²) in [6, 6.07) is 0. The molecule has 6 aliphatic rings. The monoisotopic (exact) mass is 776 g/mol. The van der Waals surface area contributed by atoms with E-state index in [0.29, 0.717) is 9.81 Å². The molecule has 0 saturated carbocycles. The first-order valence-corrected chi connectivity index (χ1v) is 22.3. The number of hydrogen-bond acceptors (Lipinski definition) is 18. The summed E-state index contributed by atoms with van der Waals surface area (Å²) >= 11 is 24.5. The van der Waals surface area contributed by atoms with Gasteiger partial charge < -0.3 is 9.47 Å². The zero-order valence-corrected chi connectivity index (χ0v) is 30.8. The van der Waals surface area contributed by atoms with Crippen molar-refractivity contribution >= 4 is 177 Å². The van der Waals surface area contributed by atoms with Crippen LogP contribution in [0.3, 0.4) is 0 Å². The molecule has 6 aliphatic heterocycles. The van der Waals surface area contributed by atoms with E-state index in [9.17, 15) is 9.59 Å². The van der Waals surface area contributed by atoms with E-state index in [4.69, 9.17) is 9.47 Å². The molecule has 0 unspecified atom stereocenters. The van der Waals surface area contributed by atoms with Crippen LogP contribution in [0.2, 0.25) is 0 Å². The molecule has 18 heteroatoms. The summed E-state index contributed by atoms with van der Waals surface area (Å²) in [5.41, 5.74) is 0. The fraction of sp³-hybridized carbons (Fsp3) is 0.143. The Labute approximate surface area is 285 Å². The zero-order valence-electron chi connectivity index (χ0n) is 19.4. The third kappa shape index (κ3) is 7.20. The summed E-state index contributed by atoms with van der Waals surface area (Å²) in [4.78, 5) is 25.0. The lowest BCUT2D eigenvalue weighted by Gasteiger charge is -2.07. The second kappa shape index (κ2) is 14.2. The smallest absolute Gasteiger partial charge is 0.346 e. The first-order valence-electron chi connectivity index (χ1n) is 10.3. The maximum Gasteiger partial charge on any atom is 0.346 e. The Kier molecular flexibility index (Phi) is 11.2. The second-order valence-electron chi connectivity index (χ2n) is 6.78. The minimum atomic E-state index is -0.512. The number of methoxy groups -OCH3 is 2. The van der Waals surface area contributed by atoms with Gasteiger partial charge in [0, 0.05) is 5.08 Å². The number of carbonyl (C=O) groups excluding carboxylic acids is 2. The third-order valence-corrected chi connectivity index (χ3v) is 23.9. The van der Waals surface area contributed by atoms with Crippen LogP contribution in [0.4, 0.5) is 0 Å². The van der Waals surface area contributed by atoms with Crippen molar-refractivity contribution in [1.82, 2.24) is 0 Å². The van der Waals surface area contributed by atoms with Crippen LogP contribution in [0, 0.1) is 0 Å². The number of rotatable bonds is 6. The van der Waals surface area contributed by atoms with Crippen LogP contribution < -0.4 is 0 Å². The molecular formula is C21H12O4S14. The van der Waals surface area contributed by atoms with Gasteiger partial charge in [-0.05, 0) is 21.6 Å². The molecule has 204 valence electrons. The quantitative estimate of drug-likeness (QED) is 0.190. The van der Waals surface area contributed by atoms with Crippen molar-refractivity contribution in [2.24, 2.45) is 0 Å². The average molecular weight is 777 g/mol. The Morgan fingerprint density at radius 1 is 0.564 bits per heavy atom. The van der Waals surface area contributed by atoms with Gasteiger partial charge in [0.25, 0.3) is 0 Å². The van der Waals surface area contributed by atoms with Crippen LogP contribution >= 0.6 is 165 Å². The minimum Gasteiger partial charge on any atom is -0.465 e. The summed E-state index contributed by atoms with van der Waals surface area (Å²) in [6.45, 7) is 0. The van der Waals surface area contributed by atoms with Crippen molar-refractivity contribution in [2.45, 2.75) is 0 Å². The van der Waals surface area contributed by atoms with E-state index < -0.39 is 11.9 Å². The van der Waals surface area contributed by atoms with Crippen LogP contribution in [-0.4, -0.2) is 31.2 Å². The molecule has 0 atom stereocenters. The molecule has 4 nitrogen and oxygen atoms in total. The van der Waals surface area contributed by atoms with Crippen LogP contribution in [0.5, 0.6) is 0 Å². The number of ether oxygens (including phenoxy) is 2. The van der Waals surface area contributed by atoms with Gasteiger partial charge in [0.2, 0.25) is 0 Å². The van der Waals surface area contributed by atoms with Gasteiger partial charge in [0.1, 0.15) is 9.81 Å². The number of thioether (sulfide) groups is 14. The molecule has 0 fully saturated rings. The van der Waals surface area contributed by atoms with Gasteiger partial charge in [0.15, 0.2) is 0 Å². The lowest BCUT2D eigenvalue weighted by molar-refractivity contribution is -0.138. The number of hydrogen-bond donors (Lipinski definition) is 0. The van der Waals surface area contributed by atoms with E-state index in [1.54, 1.807) is 23.5 Å². The van der Waals surface area contributed by atoms with Crippen molar-refractivity contribution in [3.8, 4) is 0 Å². The van der Waals surface area contributed by atoms with E-state index >= 15 is 0 Å². The van der Waals surface area contributed by atoms with Crippen LogP contribution in [0.15, 0.2) is 73.8 Å². The summed E-state index contributed by atoms with van der Waals surface area (Å²) in [7, 11) is 2.64. The molecule has 6 heterocycles. The van der Waals surface area contributed by atoms with Crippen molar-refractivity contribution in [3.63, 3.8) is 0 Å². The molecule has 0 aromatic carbocycles. The lowest BCUT2D eigenvalue weighted by atomic mass is 10.5. The molecular weight excluding hydrogens is 765 g/mol. The Morgan fingerprint density at radius 2 is 0.974 bits per heavy atom. The van der Waals surface area contributed by atoms with Crippen LogP contribution in [0.25, 0.3) is 0 Å². The Morgan fingerprint density at radius 3 is 1.44 bits per heavy atom. The van der Waals surface area contributed by atoms with Crippen molar-refractivity contribution in [1.29, 1.82) is 0 Å². The Balaban J connectivity index is 0.989. The first-order chi connectivity index (χ1) is 19.0. The van der Waals surface area contributed by atoms with Gasteiger partial charge in [-0.15, -0.1) is 23.5 Å². The zero-order chi connectivity index (χ0) is 26.9. The molecule has 0 spiro atoms. The Bertz CT molecular complexity index is 1340. The molecule has 39 heavy (non-hydrogen) atoms. The summed E-state index contributed by atoms with van der Waals surface area (Å²) in [5.74, 6) is -1.02. The maximum absolute atomic E-state index is 12.2. The highest BCUT2D eigenvalue weighted by Gasteiger charge is 2.39. The van der Waals surface area contributed by atoms with Gasteiger partial charge in [-0.2, -0.15) is 0 Å². The molecule has 6 rings (SSSR count). The molecule has 0 aliphatic carbocycles. The molecule has 0 N–H and O–H groups in total. The molecule has 0 aromatic heterocycles. The normalized spacial score (nSPS) is 22.6. The lowest BCUT2D eigenvalue weighted by Crippen LogP contribution is -2.08. The molecule has 0 aromatic rings. The fourth-order valence-electron chi connectivity index (χ4n) is 2.83. The van der Waals surface area contributed by atoms with Crippen LogP contribution in [-0.2, 0) is 19.1 Å². The third-order valence-electron chi connectivity index (χ3n) is 4.46. The maximum atomic E-state index is 12.2. The number of esters is 2. The summed E-state index contributed by atoms with van der Waals surface area (Å²) in [5, 5.41) is 9.85. The highest BCUT2D eigenvalue weighted by atomic mass is 32.3. The van der Waals surface area contributed by atoms with Crippen molar-refractivity contribution in [3.05, 3.63) is 73.8 Å². The number of carbonyl (C=O) groups is 2. The highest BCUT2D eigenvalue weighted by molar-refractivity contribution is 8.50. The molecule has 0 bridgehead atoms. The summed E-state index contributed by atoms with van der Waals surface area (Å²) in [6.07, 6.45) is 0. The molecule has 0 amide bonds. The van der Waals surface area contributed by atoms with Crippen LogP contribution in [0.1, 0.15) is 0 Å². The van der Waals surface area contributed by atoms with Gasteiger partial charge >= 0.3 is 11.9 Å². The highest BCUT2D eigenvalue weighted by Crippen LogP contribution is 2.72. The summed E-state index contributed by atoms with van der Waals surface area (Å²) < 4.78 is 22.5. The predicted octanol–water partition coefficient (Wildman–Crippen LogP) is 11.4. The second-order valence-corrected chi connectivity index (χ2v) is 23.6. The van der Waals surface area contributed by atoms with Gasteiger partial charge in [-0.1, -0.05) is 141 Å². The van der Waals surface area contributed by atoms with Gasteiger partial charge in [-0.3, -0.25) is 0 Å². The van der Waals surface area contributed by atoms with E-state index in [1.807, 2.05) is 118 Å². The largest absolute Gasteiger partial charge is 0.465 e. The molecule has 0 radical (unpaired) electrons.